The largest absolute Gasteiger partial charge is 0.490 e. The van der Waals surface area contributed by atoms with Gasteiger partial charge >= 0.3 is 0 Å². The molecule has 1 aromatic carbocycles. The highest BCUT2D eigenvalue weighted by Crippen LogP contribution is 2.33. The number of rotatable bonds is 4. The van der Waals surface area contributed by atoms with E-state index in [1.54, 1.807) is 13.3 Å². The third kappa shape index (κ3) is 4.21. The average Bonchev–Trinajstić information content (AvgIpc) is 2.72. The Balaban J connectivity index is 1.53. The van der Waals surface area contributed by atoms with Crippen LogP contribution in [0, 0.1) is 11.8 Å². The Labute approximate surface area is 160 Å². The van der Waals surface area contributed by atoms with Gasteiger partial charge in [-0.2, -0.15) is 0 Å². The van der Waals surface area contributed by atoms with Gasteiger partial charge < -0.3 is 15.0 Å². The number of nitrogens with one attached hydrogen (secondary N) is 1. The molecule has 1 aromatic heterocycles. The smallest absolute Gasteiger partial charge is 0.219 e. The minimum atomic E-state index is 0.182. The molecule has 6 heteroatoms. The van der Waals surface area contributed by atoms with Gasteiger partial charge in [0.05, 0.1) is 5.52 Å². The van der Waals surface area contributed by atoms with E-state index in [1.807, 2.05) is 29.3 Å². The highest BCUT2D eigenvalue weighted by atomic mass is 16.5. The first-order chi connectivity index (χ1) is 13.2. The molecule has 0 saturated carbocycles. The van der Waals surface area contributed by atoms with Gasteiger partial charge in [0.25, 0.3) is 0 Å². The van der Waals surface area contributed by atoms with Crippen molar-refractivity contribution in [3.8, 4) is 5.75 Å². The highest BCUT2D eigenvalue weighted by molar-refractivity contribution is 5.78. The van der Waals surface area contributed by atoms with E-state index in [4.69, 9.17) is 4.74 Å². The summed E-state index contributed by atoms with van der Waals surface area (Å²) in [6.45, 7) is 5.47. The summed E-state index contributed by atoms with van der Waals surface area (Å²) in [6.07, 6.45) is 7.93. The van der Waals surface area contributed by atoms with Crippen molar-refractivity contribution in [2.24, 2.45) is 11.8 Å². The van der Waals surface area contributed by atoms with Gasteiger partial charge in [-0.05, 0) is 62.7 Å². The molecule has 1 amide bonds. The van der Waals surface area contributed by atoms with Gasteiger partial charge in [-0.15, -0.1) is 0 Å². The third-order valence-electron chi connectivity index (χ3n) is 6.05. The van der Waals surface area contributed by atoms with Crippen LogP contribution >= 0.6 is 0 Å². The molecular weight excluding hydrogens is 340 g/mol. The summed E-state index contributed by atoms with van der Waals surface area (Å²) in [6, 6.07) is 6.09. The van der Waals surface area contributed by atoms with E-state index in [0.29, 0.717) is 11.8 Å². The summed E-state index contributed by atoms with van der Waals surface area (Å²) in [4.78, 5) is 22.1. The number of hydrogen-bond acceptors (Lipinski definition) is 5. The second-order valence-corrected chi connectivity index (χ2v) is 7.76. The minimum absolute atomic E-state index is 0.182. The van der Waals surface area contributed by atoms with Crippen LogP contribution in [0.3, 0.4) is 0 Å². The van der Waals surface area contributed by atoms with Gasteiger partial charge in [0, 0.05) is 37.7 Å². The zero-order chi connectivity index (χ0) is 18.6. The van der Waals surface area contributed by atoms with Crippen molar-refractivity contribution < 1.29 is 9.53 Å². The lowest BCUT2D eigenvalue weighted by Gasteiger charge is -2.40. The molecule has 0 bridgehead atoms. The molecule has 2 aliphatic rings. The maximum Gasteiger partial charge on any atom is 0.219 e. The van der Waals surface area contributed by atoms with Crippen LogP contribution in [0.5, 0.6) is 5.75 Å². The Morgan fingerprint density at radius 1 is 1.19 bits per heavy atom. The fourth-order valence-electron chi connectivity index (χ4n) is 4.48. The number of piperidine rings is 2. The molecule has 0 aliphatic carbocycles. The second-order valence-electron chi connectivity index (χ2n) is 7.76. The molecule has 2 saturated heterocycles. The van der Waals surface area contributed by atoms with E-state index in [-0.39, 0.29) is 12.0 Å². The third-order valence-corrected chi connectivity index (χ3v) is 6.05. The van der Waals surface area contributed by atoms with Gasteiger partial charge in [-0.3, -0.25) is 4.79 Å². The first kappa shape index (κ1) is 18.2. The molecular formula is C21H28N4O2. The Kier molecular flexibility index (Phi) is 5.53. The predicted octanol–water partition coefficient (Wildman–Crippen LogP) is 2.64. The maximum absolute atomic E-state index is 11.7. The van der Waals surface area contributed by atoms with Gasteiger partial charge in [0.15, 0.2) is 0 Å². The molecule has 1 unspecified atom stereocenters. The van der Waals surface area contributed by atoms with Crippen molar-refractivity contribution in [2.75, 3.05) is 26.2 Å². The molecule has 27 heavy (non-hydrogen) atoms. The number of hydrogen-bond donors (Lipinski definition) is 1. The lowest BCUT2D eigenvalue weighted by Crippen LogP contribution is -2.46. The summed E-state index contributed by atoms with van der Waals surface area (Å²) in [5.41, 5.74) is 0.915. The quantitative estimate of drug-likeness (QED) is 0.899. The number of aromatic nitrogens is 2. The molecule has 4 rings (SSSR count). The van der Waals surface area contributed by atoms with E-state index in [1.165, 1.54) is 0 Å². The van der Waals surface area contributed by atoms with Crippen LogP contribution in [0.2, 0.25) is 0 Å². The summed E-state index contributed by atoms with van der Waals surface area (Å²) >= 11 is 0. The van der Waals surface area contributed by atoms with Crippen LogP contribution in [0.1, 0.15) is 32.6 Å². The van der Waals surface area contributed by atoms with Crippen LogP contribution in [0.25, 0.3) is 10.9 Å². The molecule has 0 spiro atoms. The molecule has 2 aromatic rings. The van der Waals surface area contributed by atoms with E-state index in [0.717, 1.165) is 68.5 Å². The predicted molar refractivity (Wildman–Crippen MR) is 105 cm³/mol. The molecule has 3 heterocycles. The van der Waals surface area contributed by atoms with Crippen molar-refractivity contribution in [3.05, 3.63) is 30.7 Å². The fraction of sp³-hybridized carbons (Fsp3) is 0.571. The first-order valence-electron chi connectivity index (χ1n) is 10.0. The summed E-state index contributed by atoms with van der Waals surface area (Å²) < 4.78 is 6.61. The van der Waals surface area contributed by atoms with E-state index >= 15 is 0 Å². The van der Waals surface area contributed by atoms with Crippen LogP contribution in [-0.2, 0) is 4.79 Å². The molecule has 1 N–H and O–H groups in total. The van der Waals surface area contributed by atoms with Crippen LogP contribution in [0.15, 0.2) is 30.7 Å². The molecule has 1 atom stereocenters. The van der Waals surface area contributed by atoms with Gasteiger partial charge in [0.1, 0.15) is 18.2 Å². The van der Waals surface area contributed by atoms with E-state index in [9.17, 15) is 4.79 Å². The Bertz CT molecular complexity index is 783. The van der Waals surface area contributed by atoms with E-state index in [2.05, 4.69) is 15.3 Å². The number of fused-ring (bicyclic) bond motifs is 1. The minimum Gasteiger partial charge on any atom is -0.490 e. The zero-order valence-corrected chi connectivity index (χ0v) is 15.9. The Morgan fingerprint density at radius 2 is 1.93 bits per heavy atom. The van der Waals surface area contributed by atoms with Crippen molar-refractivity contribution in [1.82, 2.24) is 20.2 Å². The highest BCUT2D eigenvalue weighted by Gasteiger charge is 2.35. The summed E-state index contributed by atoms with van der Waals surface area (Å²) in [5.74, 6) is 2.12. The maximum atomic E-state index is 11.7. The molecule has 2 fully saturated rings. The molecule has 144 valence electrons. The number of carbonyl (C=O) groups is 1. The second kappa shape index (κ2) is 8.21. The van der Waals surface area contributed by atoms with Crippen molar-refractivity contribution in [3.63, 3.8) is 0 Å². The number of benzene rings is 1. The SMILES string of the molecule is CC(=O)N1CCC(C(Oc2ccc3cncnc3c2)C2CCNCC2)CC1. The van der Waals surface area contributed by atoms with Crippen LogP contribution in [0.4, 0.5) is 0 Å². The molecule has 0 radical (unpaired) electrons. The average molecular weight is 368 g/mol. The number of carbonyl (C=O) groups excluding carboxylic acids is 1. The summed E-state index contributed by atoms with van der Waals surface area (Å²) in [7, 11) is 0. The number of amides is 1. The van der Waals surface area contributed by atoms with Gasteiger partial charge in [0.2, 0.25) is 5.91 Å². The van der Waals surface area contributed by atoms with Crippen LogP contribution < -0.4 is 10.1 Å². The van der Waals surface area contributed by atoms with Crippen LogP contribution in [-0.4, -0.2) is 53.1 Å². The van der Waals surface area contributed by atoms with E-state index < -0.39 is 0 Å². The topological polar surface area (TPSA) is 67.4 Å². The summed E-state index contributed by atoms with van der Waals surface area (Å²) in [5, 5.41) is 4.48. The standard InChI is InChI=1S/C21H28N4O2/c1-15(26)25-10-6-17(7-11-25)21(16-4-8-22-9-5-16)27-19-3-2-18-13-23-14-24-20(18)12-19/h2-3,12-14,16-17,21-22H,4-11H2,1H3. The number of ether oxygens (including phenoxy) is 1. The number of likely N-dealkylation sites (tertiary alicyclic amines) is 1. The van der Waals surface area contributed by atoms with Gasteiger partial charge in [-0.25, -0.2) is 9.97 Å². The Hall–Kier alpha value is -2.21. The fourth-order valence-corrected chi connectivity index (χ4v) is 4.48. The molecule has 6 nitrogen and oxygen atoms in total. The van der Waals surface area contributed by atoms with Gasteiger partial charge in [-0.1, -0.05) is 0 Å². The lowest BCUT2D eigenvalue weighted by atomic mass is 9.80. The Morgan fingerprint density at radius 3 is 2.67 bits per heavy atom. The number of nitrogens with zero attached hydrogens (tertiary/aromatic N) is 3. The zero-order valence-electron chi connectivity index (χ0n) is 15.9. The first-order valence-corrected chi connectivity index (χ1v) is 10.0. The van der Waals surface area contributed by atoms with Crippen molar-refractivity contribution in [1.29, 1.82) is 0 Å². The lowest BCUT2D eigenvalue weighted by molar-refractivity contribution is -0.130. The molecule has 2 aliphatic heterocycles. The van der Waals surface area contributed by atoms with Crippen molar-refractivity contribution >= 4 is 16.8 Å². The normalized spacial score (nSPS) is 20.6. The van der Waals surface area contributed by atoms with Crippen molar-refractivity contribution in [2.45, 2.75) is 38.7 Å². The monoisotopic (exact) mass is 368 g/mol.